The number of carboxylic acids is 1. The van der Waals surface area contributed by atoms with Crippen LogP contribution in [0, 0.1) is 12.7 Å². The van der Waals surface area contributed by atoms with E-state index >= 15 is 0 Å². The predicted octanol–water partition coefficient (Wildman–Crippen LogP) is 5.82. The maximum Gasteiger partial charge on any atom is 0.335 e. The standard InChI is InChI=1S/C26H28FN3O3/c1-14(2)24-23(16-7-8-26(4,25(31)32)33-13-16)19-11-21-17(12-28-29-21)10-22(19)30(24)18-5-6-20(27)15(3)9-18/h5-6,9-12,14,16H,7-8,13H2,1-4H3,(H,28,29)(H,31,32)/t16-,26+/m0/s1. The minimum atomic E-state index is -1.16. The second kappa shape index (κ2) is 7.70. The highest BCUT2D eigenvalue weighted by molar-refractivity contribution is 5.99. The van der Waals surface area contributed by atoms with Crippen molar-refractivity contribution in [1.29, 1.82) is 0 Å². The molecule has 1 saturated heterocycles. The number of carbonyl (C=O) groups is 1. The van der Waals surface area contributed by atoms with Gasteiger partial charge in [0.2, 0.25) is 0 Å². The molecule has 0 aliphatic carbocycles. The topological polar surface area (TPSA) is 80.1 Å². The number of hydrogen-bond donors (Lipinski definition) is 2. The Kier molecular flexibility index (Phi) is 5.05. The number of aromatic nitrogens is 3. The molecule has 4 aromatic rings. The van der Waals surface area contributed by atoms with E-state index in [0.29, 0.717) is 25.0 Å². The lowest BCUT2D eigenvalue weighted by Gasteiger charge is -2.35. The van der Waals surface area contributed by atoms with Gasteiger partial charge in [0, 0.05) is 28.1 Å². The maximum atomic E-state index is 14.1. The van der Waals surface area contributed by atoms with Crippen LogP contribution in [0.15, 0.2) is 36.5 Å². The zero-order valence-electron chi connectivity index (χ0n) is 19.3. The average Bonchev–Trinajstić information content (AvgIpc) is 3.36. The van der Waals surface area contributed by atoms with Crippen molar-refractivity contribution in [3.05, 3.63) is 59.2 Å². The molecule has 0 bridgehead atoms. The molecule has 33 heavy (non-hydrogen) atoms. The molecule has 2 aromatic carbocycles. The molecule has 0 saturated carbocycles. The van der Waals surface area contributed by atoms with Crippen LogP contribution in [0.5, 0.6) is 0 Å². The Morgan fingerprint density at radius 2 is 2.12 bits per heavy atom. The molecule has 2 N–H and O–H groups in total. The third kappa shape index (κ3) is 3.42. The van der Waals surface area contributed by atoms with Crippen LogP contribution in [0.4, 0.5) is 4.39 Å². The molecule has 6 nitrogen and oxygen atoms in total. The molecule has 0 radical (unpaired) electrons. The number of carboxylic acid groups (broad SMARTS) is 1. The zero-order chi connectivity index (χ0) is 23.5. The van der Waals surface area contributed by atoms with Gasteiger partial charge in [0.15, 0.2) is 5.60 Å². The van der Waals surface area contributed by atoms with Crippen LogP contribution in [0.25, 0.3) is 27.5 Å². The minimum Gasteiger partial charge on any atom is -0.479 e. The van der Waals surface area contributed by atoms with Gasteiger partial charge in [-0.1, -0.05) is 13.8 Å². The van der Waals surface area contributed by atoms with Gasteiger partial charge in [0.25, 0.3) is 0 Å². The number of rotatable bonds is 4. The molecule has 0 spiro atoms. The zero-order valence-corrected chi connectivity index (χ0v) is 19.3. The van der Waals surface area contributed by atoms with Gasteiger partial charge in [0.1, 0.15) is 5.82 Å². The van der Waals surface area contributed by atoms with Crippen molar-refractivity contribution in [3.8, 4) is 5.69 Å². The van der Waals surface area contributed by atoms with Crippen molar-refractivity contribution in [2.24, 2.45) is 0 Å². The number of ether oxygens (including phenoxy) is 1. The summed E-state index contributed by atoms with van der Waals surface area (Å²) in [6.45, 7) is 8.07. The van der Waals surface area contributed by atoms with Gasteiger partial charge in [-0.25, -0.2) is 9.18 Å². The van der Waals surface area contributed by atoms with Crippen LogP contribution in [0.2, 0.25) is 0 Å². The first kappa shape index (κ1) is 21.6. The van der Waals surface area contributed by atoms with Gasteiger partial charge in [-0.05, 0) is 74.1 Å². The SMILES string of the molecule is Cc1cc(-n2c(C(C)C)c([C@H]3CC[C@](C)(C(=O)O)OC3)c3cc4[nH]ncc4cc32)ccc1F. The summed E-state index contributed by atoms with van der Waals surface area (Å²) in [5.41, 5.74) is 4.63. The van der Waals surface area contributed by atoms with Gasteiger partial charge >= 0.3 is 5.97 Å². The number of nitrogens with one attached hydrogen (secondary N) is 1. The fourth-order valence-electron chi connectivity index (χ4n) is 5.10. The Hall–Kier alpha value is -3.19. The molecule has 0 unspecified atom stereocenters. The molecule has 5 rings (SSSR count). The van der Waals surface area contributed by atoms with Gasteiger partial charge in [-0.2, -0.15) is 5.10 Å². The summed E-state index contributed by atoms with van der Waals surface area (Å²) >= 11 is 0. The minimum absolute atomic E-state index is 0.0560. The van der Waals surface area contributed by atoms with Crippen molar-refractivity contribution in [1.82, 2.24) is 14.8 Å². The molecule has 1 aliphatic rings. The second-order valence-corrected chi connectivity index (χ2v) is 9.63. The average molecular weight is 450 g/mol. The molecule has 7 heteroatoms. The van der Waals surface area contributed by atoms with Crippen LogP contribution >= 0.6 is 0 Å². The molecular formula is C26H28FN3O3. The van der Waals surface area contributed by atoms with E-state index in [1.54, 1.807) is 20.0 Å². The molecule has 2 aromatic heterocycles. The summed E-state index contributed by atoms with van der Waals surface area (Å²) < 4.78 is 22.2. The summed E-state index contributed by atoms with van der Waals surface area (Å²) in [5, 5.41) is 18.9. The van der Waals surface area contributed by atoms with E-state index in [2.05, 4.69) is 40.7 Å². The fraction of sp³-hybridized carbons (Fsp3) is 0.385. The van der Waals surface area contributed by atoms with Crippen LogP contribution in [-0.2, 0) is 9.53 Å². The molecule has 2 atom stereocenters. The lowest BCUT2D eigenvalue weighted by Crippen LogP contribution is -2.43. The monoisotopic (exact) mass is 449 g/mol. The Morgan fingerprint density at radius 3 is 2.76 bits per heavy atom. The Morgan fingerprint density at radius 1 is 1.33 bits per heavy atom. The third-order valence-electron chi connectivity index (χ3n) is 6.98. The third-order valence-corrected chi connectivity index (χ3v) is 6.98. The van der Waals surface area contributed by atoms with Crippen molar-refractivity contribution >= 4 is 27.8 Å². The lowest BCUT2D eigenvalue weighted by molar-refractivity contribution is -0.170. The molecular weight excluding hydrogens is 421 g/mol. The van der Waals surface area contributed by atoms with E-state index in [4.69, 9.17) is 4.74 Å². The van der Waals surface area contributed by atoms with Gasteiger partial charge < -0.3 is 14.4 Å². The van der Waals surface area contributed by atoms with E-state index in [1.165, 1.54) is 11.6 Å². The summed E-state index contributed by atoms with van der Waals surface area (Å²) in [6.07, 6.45) is 2.96. The Balaban J connectivity index is 1.77. The van der Waals surface area contributed by atoms with E-state index in [-0.39, 0.29) is 17.7 Å². The molecule has 3 heterocycles. The van der Waals surface area contributed by atoms with E-state index in [0.717, 1.165) is 33.2 Å². The van der Waals surface area contributed by atoms with Crippen molar-refractivity contribution in [2.45, 2.75) is 58.0 Å². The first-order valence-electron chi connectivity index (χ1n) is 11.3. The highest BCUT2D eigenvalue weighted by atomic mass is 19.1. The van der Waals surface area contributed by atoms with Gasteiger partial charge in [0.05, 0.1) is 23.8 Å². The van der Waals surface area contributed by atoms with Crippen LogP contribution in [0.3, 0.4) is 0 Å². The van der Waals surface area contributed by atoms with Crippen LogP contribution < -0.4 is 0 Å². The molecule has 0 amide bonds. The number of hydrogen-bond acceptors (Lipinski definition) is 3. The van der Waals surface area contributed by atoms with Crippen molar-refractivity contribution in [2.75, 3.05) is 6.61 Å². The second-order valence-electron chi connectivity index (χ2n) is 9.63. The Bertz CT molecular complexity index is 1380. The highest BCUT2D eigenvalue weighted by Crippen LogP contribution is 2.44. The van der Waals surface area contributed by atoms with E-state index in [1.807, 2.05) is 12.1 Å². The Labute approximate surface area is 191 Å². The van der Waals surface area contributed by atoms with E-state index < -0.39 is 11.6 Å². The number of benzene rings is 2. The summed E-state index contributed by atoms with van der Waals surface area (Å²) in [6, 6.07) is 9.45. The van der Waals surface area contributed by atoms with Crippen LogP contribution in [0.1, 0.15) is 62.3 Å². The summed E-state index contributed by atoms with van der Waals surface area (Å²) in [7, 11) is 0. The first-order chi connectivity index (χ1) is 15.7. The number of aromatic amines is 1. The number of halogens is 1. The first-order valence-corrected chi connectivity index (χ1v) is 11.3. The van der Waals surface area contributed by atoms with Crippen molar-refractivity contribution < 1.29 is 19.0 Å². The molecule has 172 valence electrons. The van der Waals surface area contributed by atoms with Crippen molar-refractivity contribution in [3.63, 3.8) is 0 Å². The van der Waals surface area contributed by atoms with Gasteiger partial charge in [-0.15, -0.1) is 0 Å². The van der Waals surface area contributed by atoms with E-state index in [9.17, 15) is 14.3 Å². The summed E-state index contributed by atoms with van der Waals surface area (Å²) in [5.74, 6) is -0.914. The number of aryl methyl sites for hydroxylation is 1. The molecule has 1 fully saturated rings. The fourth-order valence-corrected chi connectivity index (χ4v) is 5.10. The maximum absolute atomic E-state index is 14.1. The van der Waals surface area contributed by atoms with Crippen LogP contribution in [-0.4, -0.2) is 38.0 Å². The number of H-pyrrole nitrogens is 1. The smallest absolute Gasteiger partial charge is 0.335 e. The highest BCUT2D eigenvalue weighted by Gasteiger charge is 2.41. The quantitative estimate of drug-likeness (QED) is 0.412. The number of aliphatic carboxylic acids is 1. The number of fused-ring (bicyclic) bond motifs is 2. The normalized spacial score (nSPS) is 21.3. The largest absolute Gasteiger partial charge is 0.479 e. The predicted molar refractivity (Wildman–Crippen MR) is 126 cm³/mol. The number of nitrogens with zero attached hydrogens (tertiary/aromatic N) is 2. The lowest BCUT2D eigenvalue weighted by atomic mass is 9.83. The van der Waals surface area contributed by atoms with Gasteiger partial charge in [-0.3, -0.25) is 5.10 Å². The summed E-state index contributed by atoms with van der Waals surface area (Å²) in [4.78, 5) is 11.7. The molecule has 1 aliphatic heterocycles.